The lowest BCUT2D eigenvalue weighted by molar-refractivity contribution is -0.384. The van der Waals surface area contributed by atoms with E-state index in [0.717, 1.165) is 0 Å². The second kappa shape index (κ2) is 4.62. The molecule has 1 heterocycles. The molecule has 1 N–H and O–H groups in total. The number of nitrogens with zero attached hydrogens (tertiary/aromatic N) is 2. The van der Waals surface area contributed by atoms with Gasteiger partial charge in [-0.05, 0) is 18.2 Å². The zero-order valence-electron chi connectivity index (χ0n) is 9.11. The number of nitro groups is 1. The molecule has 0 spiro atoms. The van der Waals surface area contributed by atoms with Crippen molar-refractivity contribution in [2.45, 2.75) is 0 Å². The maximum absolute atomic E-state index is 10.8. The molecule has 0 bridgehead atoms. The third-order valence-electron chi connectivity index (χ3n) is 2.39. The summed E-state index contributed by atoms with van der Waals surface area (Å²) in [5.74, 6) is -1.04. The Morgan fingerprint density at radius 2 is 1.89 bits per heavy atom. The standard InChI is InChI=1S/C12H8N2O4/c15-12(16)9-5-3-8(4-6-9)11-10(14(17)18)2-1-7-13-11/h1-7H,(H,15,16). The minimum absolute atomic E-state index is 0.111. The average Bonchev–Trinajstić information content (AvgIpc) is 2.39. The Bertz CT molecular complexity index is 608. The number of aromatic nitrogens is 1. The zero-order valence-corrected chi connectivity index (χ0v) is 9.11. The lowest BCUT2D eigenvalue weighted by atomic mass is 10.1. The first-order valence-electron chi connectivity index (χ1n) is 5.03. The Morgan fingerprint density at radius 1 is 1.22 bits per heavy atom. The summed E-state index contributed by atoms with van der Waals surface area (Å²) in [7, 11) is 0. The van der Waals surface area contributed by atoms with Gasteiger partial charge in [0.1, 0.15) is 5.69 Å². The Kier molecular flexibility index (Phi) is 3.01. The lowest BCUT2D eigenvalue weighted by Crippen LogP contribution is -1.97. The van der Waals surface area contributed by atoms with Crippen molar-refractivity contribution in [3.63, 3.8) is 0 Å². The summed E-state index contributed by atoms with van der Waals surface area (Å²) in [6.07, 6.45) is 1.45. The number of pyridine rings is 1. The molecule has 6 nitrogen and oxygen atoms in total. The number of carboxylic acid groups (broad SMARTS) is 1. The largest absolute Gasteiger partial charge is 0.478 e. The van der Waals surface area contributed by atoms with Crippen LogP contribution >= 0.6 is 0 Å². The van der Waals surface area contributed by atoms with Gasteiger partial charge in [-0.15, -0.1) is 0 Å². The smallest absolute Gasteiger partial charge is 0.335 e. The van der Waals surface area contributed by atoms with Crippen LogP contribution in [-0.4, -0.2) is 21.0 Å². The highest BCUT2D eigenvalue weighted by atomic mass is 16.6. The van der Waals surface area contributed by atoms with E-state index in [1.165, 1.54) is 42.6 Å². The van der Waals surface area contributed by atoms with Gasteiger partial charge in [-0.3, -0.25) is 10.1 Å². The predicted octanol–water partition coefficient (Wildman–Crippen LogP) is 2.36. The zero-order chi connectivity index (χ0) is 13.1. The van der Waals surface area contributed by atoms with E-state index in [0.29, 0.717) is 5.56 Å². The first-order valence-corrected chi connectivity index (χ1v) is 5.03. The van der Waals surface area contributed by atoms with Crippen molar-refractivity contribution in [2.75, 3.05) is 0 Å². The van der Waals surface area contributed by atoms with Crippen LogP contribution in [0.4, 0.5) is 5.69 Å². The molecular weight excluding hydrogens is 236 g/mol. The first-order chi connectivity index (χ1) is 8.59. The number of benzene rings is 1. The second-order valence-electron chi connectivity index (χ2n) is 3.51. The molecule has 0 aliphatic carbocycles. The molecule has 0 saturated carbocycles. The third kappa shape index (κ3) is 2.17. The minimum Gasteiger partial charge on any atom is -0.478 e. The Labute approximate surface area is 102 Å². The molecule has 0 amide bonds. The topological polar surface area (TPSA) is 93.3 Å². The SMILES string of the molecule is O=C(O)c1ccc(-c2ncccc2[N+](=O)[O-])cc1. The van der Waals surface area contributed by atoms with Crippen molar-refractivity contribution >= 4 is 11.7 Å². The van der Waals surface area contributed by atoms with Gasteiger partial charge in [0.15, 0.2) is 0 Å². The van der Waals surface area contributed by atoms with E-state index < -0.39 is 10.9 Å². The number of carboxylic acids is 1. The van der Waals surface area contributed by atoms with Crippen molar-refractivity contribution in [3.05, 3.63) is 58.3 Å². The molecule has 0 aliphatic rings. The summed E-state index contributed by atoms with van der Waals surface area (Å²) in [6.45, 7) is 0. The van der Waals surface area contributed by atoms with Crippen LogP contribution in [0.15, 0.2) is 42.6 Å². The molecule has 1 aromatic heterocycles. The maximum atomic E-state index is 10.8. The van der Waals surface area contributed by atoms with E-state index >= 15 is 0 Å². The van der Waals surface area contributed by atoms with Crippen molar-refractivity contribution in [2.24, 2.45) is 0 Å². The Hall–Kier alpha value is -2.76. The number of hydrogen-bond acceptors (Lipinski definition) is 4. The normalized spacial score (nSPS) is 10.0. The molecule has 1 aromatic carbocycles. The molecule has 0 fully saturated rings. The first kappa shape index (κ1) is 11.7. The molecule has 0 atom stereocenters. The van der Waals surface area contributed by atoms with E-state index in [4.69, 9.17) is 5.11 Å². The number of aromatic carboxylic acids is 1. The van der Waals surface area contributed by atoms with Crippen LogP contribution < -0.4 is 0 Å². The lowest BCUT2D eigenvalue weighted by Gasteiger charge is -2.02. The van der Waals surface area contributed by atoms with Crippen molar-refractivity contribution < 1.29 is 14.8 Å². The Balaban J connectivity index is 2.49. The van der Waals surface area contributed by atoms with Gasteiger partial charge in [0.25, 0.3) is 5.69 Å². The minimum atomic E-state index is -1.04. The van der Waals surface area contributed by atoms with Crippen molar-refractivity contribution in [1.29, 1.82) is 0 Å². The van der Waals surface area contributed by atoms with E-state index in [-0.39, 0.29) is 16.9 Å². The fourth-order valence-electron chi connectivity index (χ4n) is 1.54. The van der Waals surface area contributed by atoms with Gasteiger partial charge >= 0.3 is 5.97 Å². The number of carbonyl (C=O) groups is 1. The van der Waals surface area contributed by atoms with Crippen LogP contribution in [0.1, 0.15) is 10.4 Å². The number of rotatable bonds is 3. The van der Waals surface area contributed by atoms with Crippen LogP contribution in [0.25, 0.3) is 11.3 Å². The quantitative estimate of drug-likeness (QED) is 0.660. The molecule has 2 aromatic rings. The van der Waals surface area contributed by atoms with Gasteiger partial charge in [0, 0.05) is 17.8 Å². The molecule has 0 aliphatic heterocycles. The van der Waals surface area contributed by atoms with Crippen molar-refractivity contribution in [3.8, 4) is 11.3 Å². The Morgan fingerprint density at radius 3 is 2.44 bits per heavy atom. The summed E-state index contributed by atoms with van der Waals surface area (Å²) in [6, 6.07) is 8.60. The van der Waals surface area contributed by atoms with Crippen LogP contribution in [0.3, 0.4) is 0 Å². The van der Waals surface area contributed by atoms with Crippen LogP contribution in [0, 0.1) is 10.1 Å². The fourth-order valence-corrected chi connectivity index (χ4v) is 1.54. The fraction of sp³-hybridized carbons (Fsp3) is 0. The maximum Gasteiger partial charge on any atom is 0.335 e. The molecule has 18 heavy (non-hydrogen) atoms. The average molecular weight is 244 g/mol. The number of hydrogen-bond donors (Lipinski definition) is 1. The predicted molar refractivity (Wildman–Crippen MR) is 63.3 cm³/mol. The summed E-state index contributed by atoms with van der Waals surface area (Å²) < 4.78 is 0. The van der Waals surface area contributed by atoms with Gasteiger partial charge in [0.2, 0.25) is 0 Å². The van der Waals surface area contributed by atoms with Gasteiger partial charge in [-0.1, -0.05) is 12.1 Å². The highest BCUT2D eigenvalue weighted by Gasteiger charge is 2.15. The van der Waals surface area contributed by atoms with Gasteiger partial charge in [-0.2, -0.15) is 0 Å². The molecule has 6 heteroatoms. The molecule has 0 unspecified atom stereocenters. The van der Waals surface area contributed by atoms with E-state index in [1.54, 1.807) is 0 Å². The molecule has 0 saturated heterocycles. The monoisotopic (exact) mass is 244 g/mol. The summed E-state index contributed by atoms with van der Waals surface area (Å²) in [5, 5.41) is 19.6. The van der Waals surface area contributed by atoms with E-state index in [9.17, 15) is 14.9 Å². The van der Waals surface area contributed by atoms with Crippen LogP contribution in [-0.2, 0) is 0 Å². The van der Waals surface area contributed by atoms with E-state index in [1.807, 2.05) is 0 Å². The van der Waals surface area contributed by atoms with Gasteiger partial charge < -0.3 is 5.11 Å². The van der Waals surface area contributed by atoms with E-state index in [2.05, 4.69) is 4.98 Å². The molecule has 90 valence electrons. The molecule has 0 radical (unpaired) electrons. The van der Waals surface area contributed by atoms with Gasteiger partial charge in [0.05, 0.1) is 10.5 Å². The highest BCUT2D eigenvalue weighted by molar-refractivity contribution is 5.88. The summed E-state index contributed by atoms with van der Waals surface area (Å²) >= 11 is 0. The summed E-state index contributed by atoms with van der Waals surface area (Å²) in [4.78, 5) is 25.0. The molecule has 2 rings (SSSR count). The third-order valence-corrected chi connectivity index (χ3v) is 2.39. The highest BCUT2D eigenvalue weighted by Crippen LogP contribution is 2.27. The molecular formula is C12H8N2O4. The summed E-state index contributed by atoms with van der Waals surface area (Å²) in [5.41, 5.74) is 0.740. The van der Waals surface area contributed by atoms with Crippen LogP contribution in [0.2, 0.25) is 0 Å². The van der Waals surface area contributed by atoms with Crippen molar-refractivity contribution in [1.82, 2.24) is 4.98 Å². The van der Waals surface area contributed by atoms with Gasteiger partial charge in [-0.25, -0.2) is 9.78 Å². The van der Waals surface area contributed by atoms with Crippen LogP contribution in [0.5, 0.6) is 0 Å². The second-order valence-corrected chi connectivity index (χ2v) is 3.51.